The molecule has 4 aromatic rings. The Hall–Kier alpha value is -2.66. The summed E-state index contributed by atoms with van der Waals surface area (Å²) in [6.07, 6.45) is 1.93. The Morgan fingerprint density at radius 3 is 2.59 bits per heavy atom. The van der Waals surface area contributed by atoms with E-state index in [1.54, 1.807) is 12.1 Å². The monoisotopic (exact) mass is 310 g/mol. The Morgan fingerprint density at radius 2 is 1.77 bits per heavy atom. The first-order valence-corrected chi connectivity index (χ1v) is 7.14. The van der Waals surface area contributed by atoms with Crippen molar-refractivity contribution in [1.82, 2.24) is 19.6 Å². The number of rotatable bonds is 2. The molecule has 108 valence electrons. The van der Waals surface area contributed by atoms with E-state index in [1.165, 1.54) is 0 Å². The highest BCUT2D eigenvalue weighted by Crippen LogP contribution is 2.27. The predicted molar refractivity (Wildman–Crippen MR) is 83.7 cm³/mol. The molecule has 5 nitrogen and oxygen atoms in total. The molecule has 4 rings (SSSR count). The van der Waals surface area contributed by atoms with Gasteiger partial charge in [0.25, 0.3) is 5.89 Å². The van der Waals surface area contributed by atoms with Crippen LogP contribution in [0.4, 0.5) is 0 Å². The Balaban J connectivity index is 1.83. The predicted octanol–water partition coefficient (Wildman–Crippen LogP) is 4.01. The molecule has 0 radical (unpaired) electrons. The Kier molecular flexibility index (Phi) is 2.94. The zero-order valence-electron chi connectivity index (χ0n) is 11.7. The van der Waals surface area contributed by atoms with Gasteiger partial charge < -0.3 is 4.42 Å². The van der Waals surface area contributed by atoms with Gasteiger partial charge in [-0.05, 0) is 43.3 Å². The SMILES string of the molecule is Cc1nc2ccccn2c1-c1nnc(-c2ccc(Cl)cc2)o1. The van der Waals surface area contributed by atoms with Gasteiger partial charge in [0.15, 0.2) is 0 Å². The van der Waals surface area contributed by atoms with Crippen molar-refractivity contribution in [3.05, 3.63) is 59.4 Å². The molecule has 0 saturated carbocycles. The zero-order chi connectivity index (χ0) is 15.1. The number of pyridine rings is 1. The first-order chi connectivity index (χ1) is 10.7. The summed E-state index contributed by atoms with van der Waals surface area (Å²) in [4.78, 5) is 4.50. The number of aromatic nitrogens is 4. The number of aryl methyl sites for hydroxylation is 1. The molecule has 0 aliphatic heterocycles. The van der Waals surface area contributed by atoms with Crippen LogP contribution in [0.15, 0.2) is 53.1 Å². The molecule has 0 amide bonds. The fraction of sp³-hybridized carbons (Fsp3) is 0.0625. The van der Waals surface area contributed by atoms with Crippen LogP contribution in [-0.4, -0.2) is 19.6 Å². The Morgan fingerprint density at radius 1 is 1.00 bits per heavy atom. The van der Waals surface area contributed by atoms with Gasteiger partial charge in [0.05, 0.1) is 5.69 Å². The summed E-state index contributed by atoms with van der Waals surface area (Å²) in [5.74, 6) is 0.901. The first-order valence-electron chi connectivity index (χ1n) is 6.76. The van der Waals surface area contributed by atoms with Crippen LogP contribution in [0.2, 0.25) is 5.02 Å². The largest absolute Gasteiger partial charge is 0.415 e. The molecule has 0 atom stereocenters. The number of fused-ring (bicyclic) bond motifs is 1. The van der Waals surface area contributed by atoms with Crippen LogP contribution in [0, 0.1) is 6.92 Å². The van der Waals surface area contributed by atoms with Gasteiger partial charge in [-0.1, -0.05) is 17.7 Å². The highest BCUT2D eigenvalue weighted by molar-refractivity contribution is 6.30. The average molecular weight is 311 g/mol. The first kappa shape index (κ1) is 13.0. The lowest BCUT2D eigenvalue weighted by molar-refractivity contribution is 0.581. The Labute approximate surface area is 131 Å². The van der Waals surface area contributed by atoms with E-state index >= 15 is 0 Å². The van der Waals surface area contributed by atoms with Crippen molar-refractivity contribution in [2.24, 2.45) is 0 Å². The lowest BCUT2D eigenvalue weighted by atomic mass is 10.2. The molecular formula is C16H11ClN4O. The molecule has 1 aromatic carbocycles. The second-order valence-corrected chi connectivity index (χ2v) is 5.33. The van der Waals surface area contributed by atoms with Gasteiger partial charge in [-0.2, -0.15) is 0 Å². The average Bonchev–Trinajstić information content (AvgIpc) is 3.11. The van der Waals surface area contributed by atoms with Crippen LogP contribution in [0.25, 0.3) is 28.7 Å². The molecule has 6 heteroatoms. The van der Waals surface area contributed by atoms with Gasteiger partial charge >= 0.3 is 0 Å². The van der Waals surface area contributed by atoms with Crippen LogP contribution in [-0.2, 0) is 0 Å². The Bertz CT molecular complexity index is 956. The molecule has 0 aliphatic rings. The second-order valence-electron chi connectivity index (χ2n) is 4.89. The maximum absolute atomic E-state index is 5.89. The van der Waals surface area contributed by atoms with Gasteiger partial charge in [-0.25, -0.2) is 4.98 Å². The summed E-state index contributed by atoms with van der Waals surface area (Å²) in [7, 11) is 0. The van der Waals surface area contributed by atoms with Gasteiger partial charge in [0.1, 0.15) is 11.3 Å². The summed E-state index contributed by atoms with van der Waals surface area (Å²) < 4.78 is 7.76. The molecule has 0 bridgehead atoms. The number of hydrogen-bond donors (Lipinski definition) is 0. The quantitative estimate of drug-likeness (QED) is 0.561. The minimum absolute atomic E-state index is 0.446. The van der Waals surface area contributed by atoms with E-state index in [0.717, 1.165) is 22.6 Å². The van der Waals surface area contributed by atoms with E-state index < -0.39 is 0 Å². The molecule has 3 heterocycles. The molecule has 22 heavy (non-hydrogen) atoms. The van der Waals surface area contributed by atoms with Gasteiger partial charge in [-0.15, -0.1) is 10.2 Å². The summed E-state index contributed by atoms with van der Waals surface area (Å²) in [5, 5.41) is 8.94. The third kappa shape index (κ3) is 2.07. The summed E-state index contributed by atoms with van der Waals surface area (Å²) in [5.41, 5.74) is 3.33. The van der Waals surface area contributed by atoms with E-state index in [9.17, 15) is 0 Å². The fourth-order valence-electron chi connectivity index (χ4n) is 2.40. The van der Waals surface area contributed by atoms with E-state index in [4.69, 9.17) is 16.0 Å². The topological polar surface area (TPSA) is 56.2 Å². The smallest absolute Gasteiger partial charge is 0.266 e. The van der Waals surface area contributed by atoms with E-state index in [0.29, 0.717) is 16.8 Å². The summed E-state index contributed by atoms with van der Waals surface area (Å²) >= 11 is 5.89. The van der Waals surface area contributed by atoms with Crippen molar-refractivity contribution in [2.75, 3.05) is 0 Å². The highest BCUT2D eigenvalue weighted by atomic mass is 35.5. The highest BCUT2D eigenvalue weighted by Gasteiger charge is 2.17. The van der Waals surface area contributed by atoms with Crippen LogP contribution < -0.4 is 0 Å². The molecule has 0 aliphatic carbocycles. The van der Waals surface area contributed by atoms with Crippen molar-refractivity contribution < 1.29 is 4.42 Å². The minimum Gasteiger partial charge on any atom is -0.415 e. The zero-order valence-corrected chi connectivity index (χ0v) is 12.4. The fourth-order valence-corrected chi connectivity index (χ4v) is 2.53. The molecule has 0 unspecified atom stereocenters. The van der Waals surface area contributed by atoms with Gasteiger partial charge in [-0.3, -0.25) is 4.40 Å². The van der Waals surface area contributed by atoms with Crippen molar-refractivity contribution in [2.45, 2.75) is 6.92 Å². The van der Waals surface area contributed by atoms with Crippen LogP contribution in [0.1, 0.15) is 5.69 Å². The summed E-state index contributed by atoms with van der Waals surface area (Å²) in [6.45, 7) is 1.93. The van der Waals surface area contributed by atoms with Crippen molar-refractivity contribution in [1.29, 1.82) is 0 Å². The molecule has 0 saturated heterocycles. The second kappa shape index (κ2) is 4.96. The number of halogens is 1. The summed E-state index contributed by atoms with van der Waals surface area (Å²) in [6, 6.07) is 13.1. The van der Waals surface area contributed by atoms with Crippen molar-refractivity contribution in [3.63, 3.8) is 0 Å². The third-order valence-electron chi connectivity index (χ3n) is 3.42. The lowest BCUT2D eigenvalue weighted by Gasteiger charge is -1.97. The minimum atomic E-state index is 0.446. The van der Waals surface area contributed by atoms with E-state index in [1.807, 2.05) is 47.9 Å². The lowest BCUT2D eigenvalue weighted by Crippen LogP contribution is -1.88. The van der Waals surface area contributed by atoms with E-state index in [-0.39, 0.29) is 0 Å². The molecule has 0 spiro atoms. The number of benzene rings is 1. The number of hydrogen-bond acceptors (Lipinski definition) is 4. The van der Waals surface area contributed by atoms with Crippen LogP contribution in [0.5, 0.6) is 0 Å². The standard InChI is InChI=1S/C16H11ClN4O/c1-10-14(21-9-3-2-4-13(21)18-10)16-20-19-15(22-16)11-5-7-12(17)8-6-11/h2-9H,1H3. The molecular weight excluding hydrogens is 300 g/mol. The number of nitrogens with zero attached hydrogens (tertiary/aromatic N) is 4. The van der Waals surface area contributed by atoms with Crippen molar-refractivity contribution >= 4 is 17.2 Å². The van der Waals surface area contributed by atoms with Crippen LogP contribution >= 0.6 is 11.6 Å². The molecule has 0 N–H and O–H groups in total. The molecule has 3 aromatic heterocycles. The molecule has 0 fully saturated rings. The third-order valence-corrected chi connectivity index (χ3v) is 3.67. The normalized spacial score (nSPS) is 11.2. The van der Waals surface area contributed by atoms with Crippen LogP contribution in [0.3, 0.4) is 0 Å². The van der Waals surface area contributed by atoms with Gasteiger partial charge in [0, 0.05) is 16.8 Å². The van der Waals surface area contributed by atoms with E-state index in [2.05, 4.69) is 15.2 Å². The maximum Gasteiger partial charge on any atom is 0.266 e. The van der Waals surface area contributed by atoms with Crippen molar-refractivity contribution in [3.8, 4) is 23.0 Å². The number of imidazole rings is 1. The van der Waals surface area contributed by atoms with Gasteiger partial charge in [0.2, 0.25) is 5.89 Å². The maximum atomic E-state index is 5.89.